The van der Waals surface area contributed by atoms with E-state index in [9.17, 15) is 14.0 Å². The van der Waals surface area contributed by atoms with Gasteiger partial charge in [-0.3, -0.25) is 15.0 Å². The largest absolute Gasteiger partial charge is 0.497 e. The molecule has 0 unspecified atom stereocenters. The molecule has 2 aromatic carbocycles. The van der Waals surface area contributed by atoms with Crippen LogP contribution in [0.3, 0.4) is 0 Å². The van der Waals surface area contributed by atoms with Gasteiger partial charge in [-0.2, -0.15) is 5.10 Å². The predicted octanol–water partition coefficient (Wildman–Crippen LogP) is 1.91. The van der Waals surface area contributed by atoms with Gasteiger partial charge in [-0.05, 0) is 30.3 Å². The number of imide groups is 1. The summed E-state index contributed by atoms with van der Waals surface area (Å²) in [5, 5.41) is 9.41. The summed E-state index contributed by atoms with van der Waals surface area (Å²) in [6.45, 7) is 0.929. The fourth-order valence-corrected chi connectivity index (χ4v) is 3.99. The van der Waals surface area contributed by atoms with Crippen molar-refractivity contribution >= 4 is 11.9 Å². The fourth-order valence-electron chi connectivity index (χ4n) is 3.99. The lowest BCUT2D eigenvalue weighted by Gasteiger charge is -2.35. The van der Waals surface area contributed by atoms with Crippen LogP contribution in [0.5, 0.6) is 11.5 Å². The lowest BCUT2D eigenvalue weighted by atomic mass is 9.91. The van der Waals surface area contributed by atoms with Crippen molar-refractivity contribution in [3.8, 4) is 17.2 Å². The van der Waals surface area contributed by atoms with Gasteiger partial charge in [-0.15, -0.1) is 0 Å². The lowest BCUT2D eigenvalue weighted by Crippen LogP contribution is -2.53. The number of amides is 3. The number of carbonyl (C=O) groups excluding carboxylic acids is 2. The minimum Gasteiger partial charge on any atom is -0.497 e. The quantitative estimate of drug-likeness (QED) is 0.592. The number of nitrogens with zero attached hydrogens (tertiary/aromatic N) is 3. The minimum atomic E-state index is -1.34. The number of urea groups is 1. The van der Waals surface area contributed by atoms with Crippen LogP contribution in [0.4, 0.5) is 9.18 Å². The summed E-state index contributed by atoms with van der Waals surface area (Å²) in [6.07, 6.45) is 3.18. The molecule has 2 aliphatic rings. The van der Waals surface area contributed by atoms with E-state index in [2.05, 4.69) is 15.7 Å². The zero-order valence-electron chi connectivity index (χ0n) is 17.2. The van der Waals surface area contributed by atoms with Gasteiger partial charge < -0.3 is 14.8 Å². The van der Waals surface area contributed by atoms with E-state index in [-0.39, 0.29) is 19.1 Å². The van der Waals surface area contributed by atoms with Gasteiger partial charge in [0.1, 0.15) is 24.0 Å². The van der Waals surface area contributed by atoms with E-state index in [1.54, 1.807) is 25.4 Å². The monoisotopic (exact) mass is 437 g/mol. The summed E-state index contributed by atoms with van der Waals surface area (Å²) < 4.78 is 25.9. The van der Waals surface area contributed by atoms with E-state index in [4.69, 9.17) is 9.47 Å². The highest BCUT2D eigenvalue weighted by Gasteiger charge is 2.50. The number of hydrogen-bond donors (Lipinski definition) is 2. The van der Waals surface area contributed by atoms with Crippen LogP contribution < -0.4 is 20.1 Å². The number of hydrogen-bond acceptors (Lipinski definition) is 6. The molecule has 2 N–H and O–H groups in total. The van der Waals surface area contributed by atoms with Crippen LogP contribution in [0.1, 0.15) is 11.1 Å². The van der Waals surface area contributed by atoms with Crippen molar-refractivity contribution in [1.82, 2.24) is 25.3 Å². The molecule has 0 bridgehead atoms. The maximum absolute atomic E-state index is 13.3. The molecule has 2 aliphatic heterocycles. The Labute approximate surface area is 182 Å². The Morgan fingerprint density at radius 3 is 2.75 bits per heavy atom. The van der Waals surface area contributed by atoms with Gasteiger partial charge in [-0.25, -0.2) is 13.9 Å². The van der Waals surface area contributed by atoms with Crippen molar-refractivity contribution in [3.63, 3.8) is 0 Å². The third-order valence-corrected chi connectivity index (χ3v) is 5.64. The number of nitrogens with one attached hydrogen (secondary N) is 2. The molecule has 3 heterocycles. The molecule has 0 saturated carbocycles. The lowest BCUT2D eigenvalue weighted by molar-refractivity contribution is -0.125. The van der Waals surface area contributed by atoms with Crippen molar-refractivity contribution in [2.24, 2.45) is 0 Å². The second-order valence-electron chi connectivity index (χ2n) is 7.70. The third kappa shape index (κ3) is 3.44. The molecule has 9 nitrogen and oxygen atoms in total. The Bertz CT molecular complexity index is 1200. The number of fused-ring (bicyclic) bond motifs is 1. The number of methoxy groups -OCH3 is 1. The van der Waals surface area contributed by atoms with Crippen LogP contribution in [-0.2, 0) is 16.9 Å². The SMILES string of the molecule is COc1ccc2c(c1)OCN(C[C@@]1(c3cnn(-c4ccc(F)cc4)c3)NC(=O)NC1=O)C2. The molecule has 1 atom stereocenters. The molecule has 3 amide bonds. The van der Waals surface area contributed by atoms with E-state index in [0.29, 0.717) is 23.5 Å². The van der Waals surface area contributed by atoms with Crippen molar-refractivity contribution < 1.29 is 23.5 Å². The molecule has 1 saturated heterocycles. The topological polar surface area (TPSA) is 97.7 Å². The maximum atomic E-state index is 13.3. The Balaban J connectivity index is 1.44. The van der Waals surface area contributed by atoms with Crippen LogP contribution in [-0.4, -0.2) is 47.0 Å². The van der Waals surface area contributed by atoms with E-state index in [1.165, 1.54) is 23.0 Å². The summed E-state index contributed by atoms with van der Waals surface area (Å²) in [6, 6.07) is 10.8. The van der Waals surface area contributed by atoms with Crippen molar-refractivity contribution in [2.75, 3.05) is 20.4 Å². The summed E-state index contributed by atoms with van der Waals surface area (Å²) in [5.74, 6) is 0.590. The Hall–Kier alpha value is -3.92. The highest BCUT2D eigenvalue weighted by molar-refractivity contribution is 6.07. The maximum Gasteiger partial charge on any atom is 0.322 e. The van der Waals surface area contributed by atoms with Gasteiger partial charge >= 0.3 is 6.03 Å². The number of ether oxygens (including phenoxy) is 2. The number of aromatic nitrogens is 2. The predicted molar refractivity (Wildman–Crippen MR) is 111 cm³/mol. The van der Waals surface area contributed by atoms with Crippen molar-refractivity contribution in [3.05, 3.63) is 71.8 Å². The van der Waals surface area contributed by atoms with Gasteiger partial charge in [0.05, 0.1) is 19.0 Å². The molecule has 1 fully saturated rings. The summed E-state index contributed by atoms with van der Waals surface area (Å²) in [7, 11) is 1.59. The first kappa shape index (κ1) is 20.0. The molecule has 0 aliphatic carbocycles. The number of carbonyl (C=O) groups is 2. The van der Waals surface area contributed by atoms with E-state index in [1.807, 2.05) is 23.1 Å². The van der Waals surface area contributed by atoms with Gasteiger partial charge in [-0.1, -0.05) is 6.07 Å². The van der Waals surface area contributed by atoms with E-state index < -0.39 is 17.5 Å². The molecule has 0 radical (unpaired) electrons. The van der Waals surface area contributed by atoms with E-state index >= 15 is 0 Å². The molecule has 10 heteroatoms. The molecular formula is C22H20FN5O4. The summed E-state index contributed by atoms with van der Waals surface area (Å²) in [4.78, 5) is 27.0. The molecular weight excluding hydrogens is 417 g/mol. The van der Waals surface area contributed by atoms with E-state index in [0.717, 1.165) is 11.3 Å². The number of halogens is 1. The third-order valence-electron chi connectivity index (χ3n) is 5.64. The minimum absolute atomic E-state index is 0.172. The Morgan fingerprint density at radius 2 is 2.03 bits per heavy atom. The zero-order valence-corrected chi connectivity index (χ0v) is 17.2. The highest BCUT2D eigenvalue weighted by atomic mass is 19.1. The Kier molecular flexibility index (Phi) is 4.78. The molecule has 0 spiro atoms. The molecule has 32 heavy (non-hydrogen) atoms. The van der Waals surface area contributed by atoms with Crippen LogP contribution >= 0.6 is 0 Å². The van der Waals surface area contributed by atoms with Gasteiger partial charge in [0.25, 0.3) is 5.91 Å². The van der Waals surface area contributed by atoms with Crippen LogP contribution in [0, 0.1) is 5.82 Å². The molecule has 164 valence electrons. The average molecular weight is 437 g/mol. The van der Waals surface area contributed by atoms with Crippen LogP contribution in [0.2, 0.25) is 0 Å². The summed E-state index contributed by atoms with van der Waals surface area (Å²) >= 11 is 0. The number of benzene rings is 2. The molecule has 5 rings (SSSR count). The Morgan fingerprint density at radius 1 is 1.22 bits per heavy atom. The van der Waals surface area contributed by atoms with Crippen LogP contribution in [0.25, 0.3) is 5.69 Å². The number of rotatable bonds is 5. The molecule has 3 aromatic rings. The second-order valence-corrected chi connectivity index (χ2v) is 7.70. The van der Waals surface area contributed by atoms with Crippen LogP contribution in [0.15, 0.2) is 54.9 Å². The highest BCUT2D eigenvalue weighted by Crippen LogP contribution is 2.32. The second kappa shape index (κ2) is 7.65. The first-order chi connectivity index (χ1) is 15.5. The summed E-state index contributed by atoms with van der Waals surface area (Å²) in [5.41, 5.74) is 0.731. The van der Waals surface area contributed by atoms with Crippen molar-refractivity contribution in [2.45, 2.75) is 12.1 Å². The van der Waals surface area contributed by atoms with Gasteiger partial charge in [0.2, 0.25) is 0 Å². The standard InChI is InChI=1S/C22H20FN5O4/c1-31-18-7-2-14-10-27(13-32-19(14)8-18)12-22(20(29)25-21(30)26-22)15-9-24-28(11-15)17-5-3-16(23)4-6-17/h2-9,11H,10,12-13H2,1H3,(H2,25,26,29,30)/t22-/m0/s1. The first-order valence-corrected chi connectivity index (χ1v) is 9.93. The van der Waals surface area contributed by atoms with Crippen molar-refractivity contribution in [1.29, 1.82) is 0 Å². The fraction of sp³-hybridized carbons (Fsp3) is 0.227. The molecule has 1 aromatic heterocycles. The smallest absolute Gasteiger partial charge is 0.322 e. The average Bonchev–Trinajstić information content (AvgIpc) is 3.39. The van der Waals surface area contributed by atoms with Gasteiger partial charge in [0.15, 0.2) is 5.54 Å². The normalized spacial score (nSPS) is 20.3. The van der Waals surface area contributed by atoms with Gasteiger partial charge in [0, 0.05) is 36.5 Å². The zero-order chi connectivity index (χ0) is 22.3. The first-order valence-electron chi connectivity index (χ1n) is 9.93.